The molecule has 1 aliphatic heterocycles. The maximum atomic E-state index is 12.9. The van der Waals surface area contributed by atoms with Crippen molar-refractivity contribution in [2.24, 2.45) is 0 Å². The Morgan fingerprint density at radius 3 is 2.41 bits per heavy atom. The van der Waals surface area contributed by atoms with Gasteiger partial charge in [0, 0.05) is 28.3 Å². The number of carbonyl (C=O) groups excluding carboxylic acids is 3. The number of amides is 4. The molecule has 0 atom stereocenters. The smallest absolute Gasteiger partial charge is 0.326 e. The maximum Gasteiger partial charge on any atom is 0.416 e. The molecule has 1 aliphatic rings. The molecule has 0 saturated heterocycles. The molecule has 10 heteroatoms. The van der Waals surface area contributed by atoms with E-state index in [0.717, 1.165) is 23.8 Å². The van der Waals surface area contributed by atoms with Gasteiger partial charge in [0.15, 0.2) is 0 Å². The van der Waals surface area contributed by atoms with Gasteiger partial charge in [-0.05, 0) is 66.6 Å². The first kappa shape index (κ1) is 22.8. The molecule has 0 saturated carbocycles. The molecule has 3 aromatic rings. The Bertz CT molecular complexity index is 1300. The van der Waals surface area contributed by atoms with Crippen LogP contribution < -0.4 is 21.3 Å². The van der Waals surface area contributed by atoms with Crippen molar-refractivity contribution in [2.45, 2.75) is 19.5 Å². The fourth-order valence-corrected chi connectivity index (χ4v) is 3.47. The molecule has 0 spiro atoms. The van der Waals surface area contributed by atoms with Crippen LogP contribution in [-0.2, 0) is 17.4 Å². The summed E-state index contributed by atoms with van der Waals surface area (Å²) in [6.45, 7) is 1.75. The second-order valence-electron chi connectivity index (χ2n) is 7.74. The fourth-order valence-electron chi connectivity index (χ4n) is 3.47. The molecule has 3 aromatic carbocycles. The lowest BCUT2D eigenvalue weighted by Crippen LogP contribution is -2.20. The number of nitrogens with one attached hydrogen (secondary N) is 4. The van der Waals surface area contributed by atoms with Crippen molar-refractivity contribution in [2.75, 3.05) is 21.3 Å². The van der Waals surface area contributed by atoms with Crippen LogP contribution in [0, 0.1) is 6.92 Å². The second-order valence-corrected chi connectivity index (χ2v) is 7.74. The molecule has 4 N–H and O–H groups in total. The van der Waals surface area contributed by atoms with Gasteiger partial charge in [-0.15, -0.1) is 0 Å². The van der Waals surface area contributed by atoms with Crippen LogP contribution in [0.5, 0.6) is 0 Å². The number of urea groups is 1. The van der Waals surface area contributed by atoms with Crippen molar-refractivity contribution in [1.82, 2.24) is 0 Å². The molecule has 0 unspecified atom stereocenters. The fraction of sp³-hybridized carbons (Fsp3) is 0.125. The van der Waals surface area contributed by atoms with Gasteiger partial charge in [0.25, 0.3) is 5.91 Å². The van der Waals surface area contributed by atoms with E-state index >= 15 is 0 Å². The minimum Gasteiger partial charge on any atom is -0.326 e. The molecule has 7 nitrogen and oxygen atoms in total. The van der Waals surface area contributed by atoms with Crippen LogP contribution in [0.2, 0.25) is 0 Å². The van der Waals surface area contributed by atoms with E-state index in [-0.39, 0.29) is 17.9 Å². The molecular formula is C24H19F3N4O3. The topological polar surface area (TPSA) is 99.3 Å². The van der Waals surface area contributed by atoms with Gasteiger partial charge in [-0.25, -0.2) is 4.79 Å². The van der Waals surface area contributed by atoms with Gasteiger partial charge in [-0.2, -0.15) is 13.2 Å². The number of anilines is 4. The van der Waals surface area contributed by atoms with Crippen LogP contribution in [0.3, 0.4) is 0 Å². The summed E-state index contributed by atoms with van der Waals surface area (Å²) < 4.78 is 38.8. The van der Waals surface area contributed by atoms with Crippen molar-refractivity contribution in [1.29, 1.82) is 0 Å². The van der Waals surface area contributed by atoms with Crippen LogP contribution in [0.15, 0.2) is 60.7 Å². The number of hydrogen-bond acceptors (Lipinski definition) is 3. The molecular weight excluding hydrogens is 449 g/mol. The molecule has 0 bridgehead atoms. The van der Waals surface area contributed by atoms with Gasteiger partial charge in [0.2, 0.25) is 5.91 Å². The van der Waals surface area contributed by atoms with Gasteiger partial charge >= 0.3 is 12.2 Å². The molecule has 174 valence electrons. The first-order valence-electron chi connectivity index (χ1n) is 10.2. The average Bonchev–Trinajstić information content (AvgIpc) is 3.14. The van der Waals surface area contributed by atoms with E-state index in [2.05, 4.69) is 21.3 Å². The maximum absolute atomic E-state index is 12.9. The van der Waals surface area contributed by atoms with Crippen LogP contribution in [0.4, 0.5) is 40.7 Å². The van der Waals surface area contributed by atoms with Crippen LogP contribution in [0.25, 0.3) is 0 Å². The highest BCUT2D eigenvalue weighted by Gasteiger charge is 2.31. The quantitative estimate of drug-likeness (QED) is 0.412. The summed E-state index contributed by atoms with van der Waals surface area (Å²) in [6, 6.07) is 13.4. The van der Waals surface area contributed by atoms with E-state index in [4.69, 9.17) is 0 Å². The van der Waals surface area contributed by atoms with E-state index < -0.39 is 23.7 Å². The van der Waals surface area contributed by atoms with Crippen molar-refractivity contribution in [3.05, 3.63) is 82.9 Å². The van der Waals surface area contributed by atoms with Crippen molar-refractivity contribution < 1.29 is 27.6 Å². The van der Waals surface area contributed by atoms with Gasteiger partial charge in [-0.1, -0.05) is 12.1 Å². The largest absolute Gasteiger partial charge is 0.416 e. The number of hydrogen-bond donors (Lipinski definition) is 4. The van der Waals surface area contributed by atoms with E-state index in [9.17, 15) is 27.6 Å². The number of benzene rings is 3. The van der Waals surface area contributed by atoms with E-state index in [1.807, 2.05) is 0 Å². The summed E-state index contributed by atoms with van der Waals surface area (Å²) in [6.07, 6.45) is -4.32. The van der Waals surface area contributed by atoms with Gasteiger partial charge in [0.05, 0.1) is 12.0 Å². The summed E-state index contributed by atoms with van der Waals surface area (Å²) >= 11 is 0. The Hall–Kier alpha value is -4.34. The lowest BCUT2D eigenvalue weighted by Gasteiger charge is -2.13. The highest BCUT2D eigenvalue weighted by atomic mass is 19.4. The lowest BCUT2D eigenvalue weighted by atomic mass is 10.1. The normalized spacial score (nSPS) is 12.5. The highest BCUT2D eigenvalue weighted by Crippen LogP contribution is 2.30. The van der Waals surface area contributed by atoms with Crippen LogP contribution in [-0.4, -0.2) is 17.8 Å². The first-order chi connectivity index (χ1) is 16.1. The predicted octanol–water partition coefficient (Wildman–Crippen LogP) is 5.40. The van der Waals surface area contributed by atoms with Crippen molar-refractivity contribution in [3.63, 3.8) is 0 Å². The summed E-state index contributed by atoms with van der Waals surface area (Å²) in [5.41, 5.74) is 2.31. The molecule has 0 aliphatic carbocycles. The number of carbonyl (C=O) groups is 3. The number of alkyl halides is 3. The number of aryl methyl sites for hydroxylation is 1. The summed E-state index contributed by atoms with van der Waals surface area (Å²) in [7, 11) is 0. The molecule has 1 heterocycles. The second kappa shape index (κ2) is 8.89. The van der Waals surface area contributed by atoms with Crippen molar-refractivity contribution >= 4 is 40.6 Å². The zero-order valence-corrected chi connectivity index (χ0v) is 17.8. The minimum atomic E-state index is -4.56. The third kappa shape index (κ3) is 5.17. The van der Waals surface area contributed by atoms with E-state index in [1.54, 1.807) is 37.3 Å². The van der Waals surface area contributed by atoms with Gasteiger partial charge in [-0.3, -0.25) is 9.59 Å². The standard InChI is InChI=1S/C24H19F3N4O3/c1-13-5-6-18(28-22(33)14-3-2-4-16(9-14)24(25,26)27)12-20(13)31-23(34)29-17-7-8-19-15(10-17)11-21(32)30-19/h2-10,12H,11H2,1H3,(H,28,33)(H,30,32)(H2,29,31,34). The molecule has 0 fully saturated rings. The Balaban J connectivity index is 1.44. The third-order valence-electron chi connectivity index (χ3n) is 5.18. The van der Waals surface area contributed by atoms with Gasteiger partial charge in [0.1, 0.15) is 0 Å². The zero-order chi connectivity index (χ0) is 24.5. The highest BCUT2D eigenvalue weighted by molar-refractivity contribution is 6.06. The minimum absolute atomic E-state index is 0.115. The monoisotopic (exact) mass is 468 g/mol. The average molecular weight is 468 g/mol. The van der Waals surface area contributed by atoms with Crippen molar-refractivity contribution in [3.8, 4) is 0 Å². The SMILES string of the molecule is Cc1ccc(NC(=O)c2cccc(C(F)(F)F)c2)cc1NC(=O)Nc1ccc2c(c1)CC(=O)N2. The first-order valence-corrected chi connectivity index (χ1v) is 10.2. The van der Waals surface area contributed by atoms with E-state index in [1.165, 1.54) is 12.1 Å². The Morgan fingerprint density at radius 2 is 1.65 bits per heavy atom. The number of rotatable bonds is 4. The predicted molar refractivity (Wildman–Crippen MR) is 122 cm³/mol. The Kier molecular flexibility index (Phi) is 5.97. The van der Waals surface area contributed by atoms with Crippen LogP contribution in [0.1, 0.15) is 27.0 Å². The van der Waals surface area contributed by atoms with Gasteiger partial charge < -0.3 is 21.3 Å². The number of halogens is 3. The van der Waals surface area contributed by atoms with E-state index in [0.29, 0.717) is 28.3 Å². The Labute approximate surface area is 192 Å². The molecule has 0 radical (unpaired) electrons. The zero-order valence-electron chi connectivity index (χ0n) is 17.8. The summed E-state index contributed by atoms with van der Waals surface area (Å²) in [5.74, 6) is -0.831. The molecule has 4 rings (SSSR count). The lowest BCUT2D eigenvalue weighted by molar-refractivity contribution is -0.137. The van der Waals surface area contributed by atoms with Crippen LogP contribution >= 0.6 is 0 Å². The molecule has 0 aromatic heterocycles. The molecule has 34 heavy (non-hydrogen) atoms. The summed E-state index contributed by atoms with van der Waals surface area (Å²) in [5, 5.41) is 10.6. The molecule has 4 amide bonds. The third-order valence-corrected chi connectivity index (χ3v) is 5.18. The Morgan fingerprint density at radius 1 is 0.912 bits per heavy atom. The number of fused-ring (bicyclic) bond motifs is 1. The summed E-state index contributed by atoms with van der Waals surface area (Å²) in [4.78, 5) is 36.4.